The lowest BCUT2D eigenvalue weighted by Gasteiger charge is -2.23. The molecule has 0 bridgehead atoms. The van der Waals surface area contributed by atoms with E-state index in [0.29, 0.717) is 26.2 Å². The van der Waals surface area contributed by atoms with Crippen LogP contribution in [0.2, 0.25) is 0 Å². The van der Waals surface area contributed by atoms with Gasteiger partial charge in [0.05, 0.1) is 25.0 Å². The average Bonchev–Trinajstić information content (AvgIpc) is 3.12. The number of fused-ring (bicyclic) bond motifs is 2. The zero-order valence-corrected chi connectivity index (χ0v) is 17.1. The maximum absolute atomic E-state index is 12.8. The molecule has 0 saturated heterocycles. The fraction of sp³-hybridized carbons (Fsp3) is 0.200. The third kappa shape index (κ3) is 4.29. The molecule has 0 saturated carbocycles. The van der Waals surface area contributed by atoms with Crippen molar-refractivity contribution >= 4 is 11.6 Å². The lowest BCUT2D eigenvalue weighted by atomic mass is 10.1. The number of para-hydroxylation sites is 1. The van der Waals surface area contributed by atoms with Crippen LogP contribution in [-0.4, -0.2) is 33.3 Å². The SMILES string of the molecule is O=C(CN1Cc2ccccc2O[C@H](c2ccccc2)C1)NCc1cnc2ccccn12. The Labute approximate surface area is 181 Å². The normalized spacial score (nSPS) is 16.3. The summed E-state index contributed by atoms with van der Waals surface area (Å²) < 4.78 is 8.32. The Morgan fingerprint density at radius 1 is 1.03 bits per heavy atom. The van der Waals surface area contributed by atoms with E-state index >= 15 is 0 Å². The van der Waals surface area contributed by atoms with Gasteiger partial charge in [0.1, 0.15) is 17.5 Å². The van der Waals surface area contributed by atoms with Crippen molar-refractivity contribution in [3.63, 3.8) is 0 Å². The van der Waals surface area contributed by atoms with Gasteiger partial charge in [0.2, 0.25) is 5.91 Å². The molecule has 2 aromatic carbocycles. The van der Waals surface area contributed by atoms with Crippen LogP contribution >= 0.6 is 0 Å². The number of carbonyl (C=O) groups is 1. The average molecular weight is 412 g/mol. The van der Waals surface area contributed by atoms with Gasteiger partial charge in [-0.1, -0.05) is 54.6 Å². The van der Waals surface area contributed by atoms with Crippen molar-refractivity contribution in [3.05, 3.63) is 102 Å². The van der Waals surface area contributed by atoms with Crippen molar-refractivity contribution in [2.45, 2.75) is 19.2 Å². The van der Waals surface area contributed by atoms with Gasteiger partial charge < -0.3 is 14.5 Å². The molecule has 1 N–H and O–H groups in total. The molecule has 5 rings (SSSR count). The highest BCUT2D eigenvalue weighted by molar-refractivity contribution is 5.78. The highest BCUT2D eigenvalue weighted by atomic mass is 16.5. The number of hydrogen-bond donors (Lipinski definition) is 1. The van der Waals surface area contributed by atoms with Crippen molar-refractivity contribution in [2.75, 3.05) is 13.1 Å². The Bertz CT molecular complexity index is 1190. The van der Waals surface area contributed by atoms with Gasteiger partial charge in [0, 0.05) is 24.8 Å². The number of nitrogens with zero attached hydrogens (tertiary/aromatic N) is 3. The Morgan fingerprint density at radius 3 is 2.74 bits per heavy atom. The predicted molar refractivity (Wildman–Crippen MR) is 119 cm³/mol. The number of rotatable bonds is 5. The number of imidazole rings is 1. The van der Waals surface area contributed by atoms with Gasteiger partial charge in [-0.25, -0.2) is 4.98 Å². The standard InChI is InChI=1S/C25H24N4O2/c30-25(27-15-21-14-26-24-12-6-7-13-29(21)24)18-28-16-20-10-4-5-11-22(20)31-23(17-28)19-8-2-1-3-9-19/h1-14,23H,15-18H2,(H,27,30)/t23-/m0/s1. The molecule has 1 atom stereocenters. The van der Waals surface area contributed by atoms with Crippen LogP contribution in [0.15, 0.2) is 85.2 Å². The second kappa shape index (κ2) is 8.62. The van der Waals surface area contributed by atoms with Crippen LogP contribution in [0.3, 0.4) is 0 Å². The number of amides is 1. The molecule has 1 amide bonds. The number of benzene rings is 2. The Kier molecular flexibility index (Phi) is 5.37. The summed E-state index contributed by atoms with van der Waals surface area (Å²) in [6, 6.07) is 24.1. The van der Waals surface area contributed by atoms with Crippen molar-refractivity contribution < 1.29 is 9.53 Å². The molecule has 6 nitrogen and oxygen atoms in total. The number of ether oxygens (including phenoxy) is 1. The molecular formula is C25H24N4O2. The van der Waals surface area contributed by atoms with Gasteiger partial charge in [0.15, 0.2) is 0 Å². The molecule has 156 valence electrons. The first-order valence-electron chi connectivity index (χ1n) is 10.5. The van der Waals surface area contributed by atoms with Gasteiger partial charge in [0.25, 0.3) is 0 Å². The molecule has 4 aromatic rings. The monoisotopic (exact) mass is 412 g/mol. The molecule has 1 aliphatic heterocycles. The second-order valence-corrected chi connectivity index (χ2v) is 7.75. The molecule has 0 aliphatic carbocycles. The number of carbonyl (C=O) groups excluding carboxylic acids is 1. The van der Waals surface area contributed by atoms with Crippen LogP contribution in [-0.2, 0) is 17.9 Å². The summed E-state index contributed by atoms with van der Waals surface area (Å²) in [4.78, 5) is 19.3. The molecule has 3 heterocycles. The van der Waals surface area contributed by atoms with Crippen LogP contribution in [0.5, 0.6) is 5.75 Å². The van der Waals surface area contributed by atoms with Gasteiger partial charge in [-0.2, -0.15) is 0 Å². The van der Waals surface area contributed by atoms with Crippen LogP contribution in [0.25, 0.3) is 5.65 Å². The number of nitrogens with one attached hydrogen (secondary N) is 1. The molecular weight excluding hydrogens is 388 g/mol. The maximum Gasteiger partial charge on any atom is 0.234 e. The fourth-order valence-electron chi connectivity index (χ4n) is 4.01. The van der Waals surface area contributed by atoms with E-state index in [1.807, 2.05) is 65.2 Å². The molecule has 0 fully saturated rings. The zero-order chi connectivity index (χ0) is 21.0. The third-order valence-corrected chi connectivity index (χ3v) is 5.56. The Morgan fingerprint density at radius 2 is 1.84 bits per heavy atom. The van der Waals surface area contributed by atoms with E-state index in [0.717, 1.165) is 28.2 Å². The summed E-state index contributed by atoms with van der Waals surface area (Å²) in [7, 11) is 0. The Hall–Kier alpha value is -3.64. The number of pyridine rings is 1. The van der Waals surface area contributed by atoms with Gasteiger partial charge in [-0.05, 0) is 23.8 Å². The molecule has 0 unspecified atom stereocenters. The summed E-state index contributed by atoms with van der Waals surface area (Å²) in [6.07, 6.45) is 3.63. The van der Waals surface area contributed by atoms with Crippen LogP contribution in [0.4, 0.5) is 0 Å². The molecule has 6 heteroatoms. The summed E-state index contributed by atoms with van der Waals surface area (Å²) in [5, 5.41) is 3.04. The first kappa shape index (κ1) is 19.3. The van der Waals surface area contributed by atoms with Crippen molar-refractivity contribution in [1.29, 1.82) is 0 Å². The topological polar surface area (TPSA) is 58.9 Å². The molecule has 2 aromatic heterocycles. The van der Waals surface area contributed by atoms with Gasteiger partial charge >= 0.3 is 0 Å². The van der Waals surface area contributed by atoms with Gasteiger partial charge in [-0.3, -0.25) is 9.69 Å². The van der Waals surface area contributed by atoms with Crippen LogP contribution in [0.1, 0.15) is 22.9 Å². The van der Waals surface area contributed by atoms with E-state index in [4.69, 9.17) is 4.74 Å². The van der Waals surface area contributed by atoms with Crippen molar-refractivity contribution in [2.24, 2.45) is 0 Å². The molecule has 0 radical (unpaired) electrons. The van der Waals surface area contributed by atoms with Gasteiger partial charge in [-0.15, -0.1) is 0 Å². The van der Waals surface area contributed by atoms with E-state index < -0.39 is 0 Å². The number of aromatic nitrogens is 2. The third-order valence-electron chi connectivity index (χ3n) is 5.56. The largest absolute Gasteiger partial charge is 0.484 e. The quantitative estimate of drug-likeness (QED) is 0.544. The van der Waals surface area contributed by atoms with E-state index in [1.54, 1.807) is 6.20 Å². The highest BCUT2D eigenvalue weighted by Gasteiger charge is 2.25. The van der Waals surface area contributed by atoms with Crippen LogP contribution in [0, 0.1) is 0 Å². The minimum atomic E-state index is -0.128. The van der Waals surface area contributed by atoms with E-state index in [-0.39, 0.29) is 12.0 Å². The second-order valence-electron chi connectivity index (χ2n) is 7.75. The van der Waals surface area contributed by atoms with Crippen molar-refractivity contribution in [3.8, 4) is 5.75 Å². The first-order chi connectivity index (χ1) is 15.3. The molecule has 31 heavy (non-hydrogen) atoms. The fourth-order valence-corrected chi connectivity index (χ4v) is 4.01. The van der Waals surface area contributed by atoms with E-state index in [9.17, 15) is 4.79 Å². The van der Waals surface area contributed by atoms with Crippen LogP contribution < -0.4 is 10.1 Å². The molecule has 1 aliphatic rings. The lowest BCUT2D eigenvalue weighted by molar-refractivity contribution is -0.122. The highest BCUT2D eigenvalue weighted by Crippen LogP contribution is 2.30. The van der Waals surface area contributed by atoms with Crippen molar-refractivity contribution in [1.82, 2.24) is 19.6 Å². The zero-order valence-electron chi connectivity index (χ0n) is 17.1. The smallest absolute Gasteiger partial charge is 0.234 e. The summed E-state index contributed by atoms with van der Waals surface area (Å²) >= 11 is 0. The number of hydrogen-bond acceptors (Lipinski definition) is 4. The lowest BCUT2D eigenvalue weighted by Crippen LogP contribution is -2.38. The minimum Gasteiger partial charge on any atom is -0.484 e. The summed E-state index contributed by atoms with van der Waals surface area (Å²) in [5.74, 6) is 0.863. The van der Waals surface area contributed by atoms with E-state index in [1.165, 1.54) is 0 Å². The molecule has 0 spiro atoms. The first-order valence-corrected chi connectivity index (χ1v) is 10.5. The summed E-state index contributed by atoms with van der Waals surface area (Å²) in [6.45, 7) is 2.05. The maximum atomic E-state index is 12.8. The minimum absolute atomic E-state index is 0.0166. The van der Waals surface area contributed by atoms with E-state index in [2.05, 4.69) is 33.4 Å². The predicted octanol–water partition coefficient (Wildman–Crippen LogP) is 3.59. The summed E-state index contributed by atoms with van der Waals surface area (Å²) in [5.41, 5.74) is 4.03. The Balaban J connectivity index is 1.29.